The highest BCUT2D eigenvalue weighted by Gasteiger charge is 2.26. The summed E-state index contributed by atoms with van der Waals surface area (Å²) < 4.78 is 25.3. The molecule has 7 heteroatoms. The Labute approximate surface area is 164 Å². The lowest BCUT2D eigenvalue weighted by Gasteiger charge is -2.23. The average Bonchev–Trinajstić information content (AvgIpc) is 2.82. The van der Waals surface area contributed by atoms with Crippen LogP contribution in [0.4, 0.5) is 11.5 Å². The van der Waals surface area contributed by atoms with Crippen LogP contribution in [0.15, 0.2) is 53.4 Å². The molecule has 0 radical (unpaired) electrons. The van der Waals surface area contributed by atoms with E-state index < -0.39 is 9.84 Å². The van der Waals surface area contributed by atoms with Crippen LogP contribution in [0.1, 0.15) is 11.1 Å². The normalized spacial score (nSPS) is 15.9. The molecule has 2 aromatic carbocycles. The lowest BCUT2D eigenvalue weighted by Crippen LogP contribution is -2.26. The zero-order chi connectivity index (χ0) is 19.7. The lowest BCUT2D eigenvalue weighted by molar-refractivity contribution is 0.311. The Bertz CT molecular complexity index is 1130. The number of fused-ring (bicyclic) bond motifs is 2. The topological polar surface area (TPSA) is 82.5 Å². The zero-order valence-corrected chi connectivity index (χ0v) is 16.5. The maximum absolute atomic E-state index is 12.6. The van der Waals surface area contributed by atoms with Gasteiger partial charge in [-0.15, -0.1) is 0 Å². The van der Waals surface area contributed by atoms with Gasteiger partial charge in [-0.2, -0.15) is 0 Å². The van der Waals surface area contributed by atoms with Crippen LogP contribution in [0.2, 0.25) is 0 Å². The summed E-state index contributed by atoms with van der Waals surface area (Å²) in [5.41, 5.74) is 3.64. The number of hydrogen-bond acceptors (Lipinski definition) is 6. The third-order valence-corrected chi connectivity index (χ3v) is 6.79. The Kier molecular flexibility index (Phi) is 4.95. The highest BCUT2D eigenvalue weighted by Crippen LogP contribution is 2.31. The number of sulfone groups is 1. The van der Waals surface area contributed by atoms with Gasteiger partial charge in [0, 0.05) is 36.8 Å². The van der Waals surface area contributed by atoms with Crippen molar-refractivity contribution in [2.45, 2.75) is 18.4 Å². The first-order chi connectivity index (χ1) is 13.5. The summed E-state index contributed by atoms with van der Waals surface area (Å²) in [5.74, 6) is 0.778. The van der Waals surface area contributed by atoms with Crippen molar-refractivity contribution >= 4 is 32.2 Å². The predicted molar refractivity (Wildman–Crippen MR) is 112 cm³/mol. The van der Waals surface area contributed by atoms with Gasteiger partial charge in [0.15, 0.2) is 9.84 Å². The van der Waals surface area contributed by atoms with Crippen LogP contribution >= 0.6 is 0 Å². The minimum Gasteiger partial charge on any atom is -0.395 e. The van der Waals surface area contributed by atoms with E-state index >= 15 is 0 Å². The molecule has 146 valence electrons. The minimum absolute atomic E-state index is 0.0281. The first-order valence-corrected chi connectivity index (χ1v) is 10.9. The van der Waals surface area contributed by atoms with Crippen LogP contribution in [-0.2, 0) is 16.4 Å². The van der Waals surface area contributed by atoms with Crippen molar-refractivity contribution in [1.82, 2.24) is 4.98 Å². The molecule has 1 aliphatic heterocycles. The Morgan fingerprint density at radius 1 is 1.18 bits per heavy atom. The summed E-state index contributed by atoms with van der Waals surface area (Å²) in [6, 6.07) is 15.2. The summed E-state index contributed by atoms with van der Waals surface area (Å²) in [6.45, 7) is 3.35. The Morgan fingerprint density at radius 3 is 2.82 bits per heavy atom. The monoisotopic (exact) mass is 397 g/mol. The van der Waals surface area contributed by atoms with E-state index in [4.69, 9.17) is 4.98 Å². The van der Waals surface area contributed by atoms with Crippen molar-refractivity contribution in [3.05, 3.63) is 59.7 Å². The molecule has 0 saturated heterocycles. The second-order valence-electron chi connectivity index (χ2n) is 7.05. The number of aryl methyl sites for hydroxylation is 1. The molecule has 28 heavy (non-hydrogen) atoms. The van der Waals surface area contributed by atoms with Crippen LogP contribution in [0.3, 0.4) is 0 Å². The first-order valence-electron chi connectivity index (χ1n) is 9.30. The van der Waals surface area contributed by atoms with Gasteiger partial charge >= 0.3 is 0 Å². The summed E-state index contributed by atoms with van der Waals surface area (Å²) in [7, 11) is -3.31. The van der Waals surface area contributed by atoms with Crippen LogP contribution in [-0.4, -0.2) is 44.0 Å². The Hall–Kier alpha value is -2.64. The fraction of sp³-hybridized carbons (Fsp3) is 0.286. The Balaban J connectivity index is 1.80. The quantitative estimate of drug-likeness (QED) is 0.704. The van der Waals surface area contributed by atoms with Gasteiger partial charge in [-0.25, -0.2) is 13.4 Å². The van der Waals surface area contributed by atoms with Gasteiger partial charge in [-0.3, -0.25) is 0 Å². The summed E-state index contributed by atoms with van der Waals surface area (Å²) in [5, 5.41) is 13.5. The number of hydrogen-bond donors (Lipinski definition) is 2. The molecular weight excluding hydrogens is 374 g/mol. The van der Waals surface area contributed by atoms with Gasteiger partial charge in [-0.05, 0) is 30.7 Å². The van der Waals surface area contributed by atoms with Crippen LogP contribution < -0.4 is 10.2 Å². The molecule has 1 aliphatic rings. The van der Waals surface area contributed by atoms with Crippen molar-refractivity contribution in [3.63, 3.8) is 0 Å². The second-order valence-corrected chi connectivity index (χ2v) is 9.12. The Morgan fingerprint density at radius 2 is 2.00 bits per heavy atom. The highest BCUT2D eigenvalue weighted by molar-refractivity contribution is 7.91. The van der Waals surface area contributed by atoms with Crippen LogP contribution in [0.25, 0.3) is 10.9 Å². The van der Waals surface area contributed by atoms with E-state index in [1.54, 1.807) is 12.1 Å². The van der Waals surface area contributed by atoms with E-state index in [1.165, 1.54) is 0 Å². The molecule has 0 spiro atoms. The van der Waals surface area contributed by atoms with E-state index in [2.05, 4.69) is 11.4 Å². The number of aromatic nitrogens is 1. The van der Waals surface area contributed by atoms with E-state index in [0.29, 0.717) is 24.5 Å². The fourth-order valence-corrected chi connectivity index (χ4v) is 5.08. The third kappa shape index (κ3) is 3.55. The molecule has 0 fully saturated rings. The summed E-state index contributed by atoms with van der Waals surface area (Å²) in [6.07, 6.45) is 0. The SMILES string of the molecule is Cc1ccc2nc(N3CCS(=O)(=O)c4ccccc4C3)cc(NCCO)c2c1. The highest BCUT2D eigenvalue weighted by atomic mass is 32.2. The number of nitrogens with zero attached hydrogens (tertiary/aromatic N) is 2. The van der Waals surface area contributed by atoms with Gasteiger partial charge < -0.3 is 15.3 Å². The molecule has 1 aromatic heterocycles. The van der Waals surface area contributed by atoms with E-state index in [1.807, 2.05) is 42.2 Å². The summed E-state index contributed by atoms with van der Waals surface area (Å²) >= 11 is 0. The molecule has 0 atom stereocenters. The molecule has 3 aromatic rings. The summed E-state index contributed by atoms with van der Waals surface area (Å²) in [4.78, 5) is 7.22. The molecule has 2 N–H and O–H groups in total. The zero-order valence-electron chi connectivity index (χ0n) is 15.7. The molecule has 2 heterocycles. The van der Waals surface area contributed by atoms with Gasteiger partial charge in [0.05, 0.1) is 22.8 Å². The third-order valence-electron chi connectivity index (χ3n) is 5.00. The molecule has 0 unspecified atom stereocenters. The fourth-order valence-electron chi connectivity index (χ4n) is 3.58. The maximum atomic E-state index is 12.6. The van der Waals surface area contributed by atoms with Crippen molar-refractivity contribution in [2.24, 2.45) is 0 Å². The number of anilines is 2. The number of pyridine rings is 1. The molecule has 0 aliphatic carbocycles. The van der Waals surface area contributed by atoms with E-state index in [0.717, 1.165) is 33.5 Å². The molecular formula is C21H23N3O3S. The minimum atomic E-state index is -3.31. The molecule has 6 nitrogen and oxygen atoms in total. The van der Waals surface area contributed by atoms with Crippen LogP contribution in [0, 0.1) is 6.92 Å². The molecule has 0 amide bonds. The van der Waals surface area contributed by atoms with Crippen molar-refractivity contribution in [3.8, 4) is 0 Å². The van der Waals surface area contributed by atoms with Gasteiger partial charge in [-0.1, -0.05) is 29.8 Å². The molecule has 0 saturated carbocycles. The average molecular weight is 398 g/mol. The number of aliphatic hydroxyl groups excluding tert-OH is 1. The number of benzene rings is 2. The van der Waals surface area contributed by atoms with Crippen molar-refractivity contribution in [2.75, 3.05) is 35.7 Å². The molecule has 0 bridgehead atoms. The number of nitrogens with one attached hydrogen (secondary N) is 1. The second kappa shape index (κ2) is 7.41. The van der Waals surface area contributed by atoms with E-state index in [-0.39, 0.29) is 12.4 Å². The van der Waals surface area contributed by atoms with Crippen molar-refractivity contribution in [1.29, 1.82) is 0 Å². The first kappa shape index (κ1) is 18.7. The number of aliphatic hydroxyl groups is 1. The van der Waals surface area contributed by atoms with Gasteiger partial charge in [0.25, 0.3) is 0 Å². The maximum Gasteiger partial charge on any atom is 0.180 e. The van der Waals surface area contributed by atoms with Crippen molar-refractivity contribution < 1.29 is 13.5 Å². The standard InChI is InChI=1S/C21H23N3O3S/c1-15-6-7-18-17(12-15)19(22-8-10-25)13-21(23-18)24-9-11-28(26,27)20-5-3-2-4-16(20)14-24/h2-7,12-13,25H,8-11,14H2,1H3,(H,22,23). The lowest BCUT2D eigenvalue weighted by atomic mass is 10.1. The predicted octanol–water partition coefficient (Wildman–Crippen LogP) is 2.74. The van der Waals surface area contributed by atoms with E-state index in [9.17, 15) is 13.5 Å². The number of rotatable bonds is 4. The van der Waals surface area contributed by atoms with Gasteiger partial charge in [0.1, 0.15) is 5.82 Å². The van der Waals surface area contributed by atoms with Gasteiger partial charge in [0.2, 0.25) is 0 Å². The molecule has 4 rings (SSSR count). The largest absolute Gasteiger partial charge is 0.395 e. The smallest absolute Gasteiger partial charge is 0.180 e. The van der Waals surface area contributed by atoms with Crippen LogP contribution in [0.5, 0.6) is 0 Å².